The van der Waals surface area contributed by atoms with E-state index < -0.39 is 5.97 Å². The molecule has 1 heterocycles. The maximum Gasteiger partial charge on any atom is 0.340 e. The molecule has 4 nitrogen and oxygen atoms in total. The molecule has 27 heavy (non-hydrogen) atoms. The van der Waals surface area contributed by atoms with Crippen LogP contribution in [0.15, 0.2) is 54.6 Å². The number of carbonyl (C=O) groups excluding carboxylic acids is 1. The Balaban J connectivity index is 2.20. The highest BCUT2D eigenvalue weighted by Crippen LogP contribution is 2.39. The van der Waals surface area contributed by atoms with Crippen LogP contribution in [0.4, 0.5) is 0 Å². The topological polar surface area (TPSA) is 51.5 Å². The van der Waals surface area contributed by atoms with Crippen molar-refractivity contribution in [3.8, 4) is 11.4 Å². The number of hydrogen-bond donors (Lipinski definition) is 1. The molecule has 1 aromatic heterocycles. The Morgan fingerprint density at radius 2 is 1.81 bits per heavy atom. The molecule has 0 atom stereocenters. The van der Waals surface area contributed by atoms with Gasteiger partial charge >= 0.3 is 5.97 Å². The van der Waals surface area contributed by atoms with E-state index >= 15 is 0 Å². The number of esters is 1. The summed E-state index contributed by atoms with van der Waals surface area (Å²) in [6.07, 6.45) is 0. The summed E-state index contributed by atoms with van der Waals surface area (Å²) in [6.45, 7) is 3.93. The number of ether oxygens (including phenoxy) is 1. The third-order valence-electron chi connectivity index (χ3n) is 4.73. The van der Waals surface area contributed by atoms with Crippen molar-refractivity contribution in [2.24, 2.45) is 0 Å². The Morgan fingerprint density at radius 3 is 2.52 bits per heavy atom. The molecule has 4 rings (SSSR count). The number of hydrogen-bond acceptors (Lipinski definition) is 3. The third kappa shape index (κ3) is 2.73. The van der Waals surface area contributed by atoms with Crippen LogP contribution in [0.5, 0.6) is 5.75 Å². The summed E-state index contributed by atoms with van der Waals surface area (Å²) in [4.78, 5) is 12.7. The number of halogens is 1. The number of phenols is 1. The first-order valence-corrected chi connectivity index (χ1v) is 9.09. The molecular weight excluding hydrogens is 362 g/mol. The minimum Gasteiger partial charge on any atom is -0.507 e. The van der Waals surface area contributed by atoms with E-state index in [1.165, 1.54) is 0 Å². The lowest BCUT2D eigenvalue weighted by Gasteiger charge is -2.11. The first-order valence-electron chi connectivity index (χ1n) is 8.71. The molecule has 1 N–H and O–H groups in total. The van der Waals surface area contributed by atoms with E-state index in [4.69, 9.17) is 16.3 Å². The van der Waals surface area contributed by atoms with Crippen molar-refractivity contribution in [1.82, 2.24) is 4.57 Å². The predicted octanol–water partition coefficient (Wildman–Crippen LogP) is 5.63. The summed E-state index contributed by atoms with van der Waals surface area (Å²) >= 11 is 6.22. The Bertz CT molecular complexity index is 1190. The smallest absolute Gasteiger partial charge is 0.340 e. The SMILES string of the molecule is CCOC(=O)c1c(C)n(-c2cccc(Cl)c2)c2c1cc(O)c1ccccc12. The van der Waals surface area contributed by atoms with Crippen molar-refractivity contribution in [2.75, 3.05) is 6.61 Å². The van der Waals surface area contributed by atoms with Gasteiger partial charge < -0.3 is 14.4 Å². The lowest BCUT2D eigenvalue weighted by molar-refractivity contribution is 0.0527. The summed E-state index contributed by atoms with van der Waals surface area (Å²) in [6, 6.07) is 16.7. The molecule has 0 fully saturated rings. The van der Waals surface area contributed by atoms with Crippen LogP contribution in [0.2, 0.25) is 5.02 Å². The fourth-order valence-corrected chi connectivity index (χ4v) is 3.83. The monoisotopic (exact) mass is 379 g/mol. The number of aromatic nitrogens is 1. The number of aromatic hydroxyl groups is 1. The second-order valence-corrected chi connectivity index (χ2v) is 6.77. The highest BCUT2D eigenvalue weighted by atomic mass is 35.5. The molecule has 0 aliphatic heterocycles. The number of rotatable bonds is 3. The molecule has 0 saturated carbocycles. The van der Waals surface area contributed by atoms with Gasteiger partial charge in [-0.05, 0) is 38.1 Å². The van der Waals surface area contributed by atoms with Crippen LogP contribution in [0.3, 0.4) is 0 Å². The van der Waals surface area contributed by atoms with Gasteiger partial charge in [-0.25, -0.2) is 4.79 Å². The molecule has 136 valence electrons. The van der Waals surface area contributed by atoms with Crippen molar-refractivity contribution in [3.63, 3.8) is 0 Å². The summed E-state index contributed by atoms with van der Waals surface area (Å²) < 4.78 is 7.28. The third-order valence-corrected chi connectivity index (χ3v) is 4.97. The van der Waals surface area contributed by atoms with E-state index in [9.17, 15) is 9.90 Å². The van der Waals surface area contributed by atoms with Crippen LogP contribution in [-0.2, 0) is 4.74 Å². The van der Waals surface area contributed by atoms with Gasteiger partial charge in [-0.1, -0.05) is 41.9 Å². The van der Waals surface area contributed by atoms with Crippen LogP contribution in [0.1, 0.15) is 23.0 Å². The summed E-state index contributed by atoms with van der Waals surface area (Å²) in [5.74, 6) is -0.276. The number of phenolic OH excluding ortho intramolecular Hbond substituents is 1. The minimum atomic E-state index is -0.407. The molecule has 0 saturated heterocycles. The Hall–Kier alpha value is -2.98. The number of carbonyl (C=O) groups is 1. The molecule has 0 amide bonds. The zero-order chi connectivity index (χ0) is 19.1. The normalized spacial score (nSPS) is 11.2. The summed E-state index contributed by atoms with van der Waals surface area (Å²) in [5, 5.41) is 13.4. The maximum atomic E-state index is 12.7. The van der Waals surface area contributed by atoms with Crippen molar-refractivity contribution >= 4 is 39.2 Å². The average Bonchev–Trinajstić information content (AvgIpc) is 2.94. The van der Waals surface area contributed by atoms with Crippen LogP contribution < -0.4 is 0 Å². The second kappa shape index (κ2) is 6.63. The molecule has 0 spiro atoms. The van der Waals surface area contributed by atoms with Gasteiger partial charge in [-0.15, -0.1) is 0 Å². The van der Waals surface area contributed by atoms with Gasteiger partial charge in [0.25, 0.3) is 0 Å². The largest absolute Gasteiger partial charge is 0.507 e. The quantitative estimate of drug-likeness (QED) is 0.469. The van der Waals surface area contributed by atoms with Gasteiger partial charge in [-0.2, -0.15) is 0 Å². The van der Waals surface area contributed by atoms with Gasteiger partial charge in [0.15, 0.2) is 0 Å². The predicted molar refractivity (Wildman–Crippen MR) is 108 cm³/mol. The first kappa shape index (κ1) is 17.4. The highest BCUT2D eigenvalue weighted by Gasteiger charge is 2.24. The second-order valence-electron chi connectivity index (χ2n) is 6.33. The number of fused-ring (bicyclic) bond motifs is 3. The van der Waals surface area contributed by atoms with E-state index in [2.05, 4.69) is 0 Å². The standard InChI is InChI=1S/C22H18ClNO3/c1-3-27-22(26)20-13(2)24(15-8-6-7-14(23)11-15)21-17-10-5-4-9-16(17)19(25)12-18(20)21/h4-12,25H,3H2,1-2H3. The zero-order valence-corrected chi connectivity index (χ0v) is 15.7. The van der Waals surface area contributed by atoms with Crippen LogP contribution in [0, 0.1) is 6.92 Å². The first-order chi connectivity index (χ1) is 13.0. The van der Waals surface area contributed by atoms with Gasteiger partial charge in [0.05, 0.1) is 17.7 Å². The number of nitrogens with zero attached hydrogens (tertiary/aromatic N) is 1. The van der Waals surface area contributed by atoms with Gasteiger partial charge in [0, 0.05) is 32.6 Å². The molecule has 0 bridgehead atoms. The van der Waals surface area contributed by atoms with Crippen molar-refractivity contribution in [2.45, 2.75) is 13.8 Å². The Labute approximate surface area is 161 Å². The molecule has 4 aromatic rings. The Kier molecular flexibility index (Phi) is 4.28. The maximum absolute atomic E-state index is 12.7. The average molecular weight is 380 g/mol. The summed E-state index contributed by atoms with van der Waals surface area (Å²) in [5.41, 5.74) is 2.87. The lowest BCUT2D eigenvalue weighted by atomic mass is 10.0. The minimum absolute atomic E-state index is 0.131. The fourth-order valence-electron chi connectivity index (χ4n) is 3.65. The van der Waals surface area contributed by atoms with Crippen LogP contribution in [0.25, 0.3) is 27.4 Å². The molecule has 0 aliphatic rings. The molecule has 5 heteroatoms. The van der Waals surface area contributed by atoms with E-state index in [1.807, 2.05) is 60.0 Å². The fraction of sp³-hybridized carbons (Fsp3) is 0.136. The van der Waals surface area contributed by atoms with E-state index in [0.717, 1.165) is 27.7 Å². The lowest BCUT2D eigenvalue weighted by Crippen LogP contribution is -2.07. The van der Waals surface area contributed by atoms with Gasteiger partial charge in [0.2, 0.25) is 0 Å². The van der Waals surface area contributed by atoms with Crippen molar-refractivity contribution in [1.29, 1.82) is 0 Å². The zero-order valence-electron chi connectivity index (χ0n) is 15.0. The highest BCUT2D eigenvalue weighted by molar-refractivity contribution is 6.30. The summed E-state index contributed by atoms with van der Waals surface area (Å²) in [7, 11) is 0. The number of benzene rings is 3. The molecular formula is C22H18ClNO3. The van der Waals surface area contributed by atoms with Crippen molar-refractivity contribution in [3.05, 3.63) is 70.9 Å². The molecule has 0 unspecified atom stereocenters. The molecule has 0 aliphatic carbocycles. The van der Waals surface area contributed by atoms with Crippen molar-refractivity contribution < 1.29 is 14.6 Å². The Morgan fingerprint density at radius 1 is 1.07 bits per heavy atom. The van der Waals surface area contributed by atoms with Crippen LogP contribution in [-0.4, -0.2) is 22.2 Å². The van der Waals surface area contributed by atoms with E-state index in [1.54, 1.807) is 13.0 Å². The molecule has 0 radical (unpaired) electrons. The van der Waals surface area contributed by atoms with Gasteiger partial charge in [-0.3, -0.25) is 0 Å². The van der Waals surface area contributed by atoms with Crippen LogP contribution >= 0.6 is 11.6 Å². The van der Waals surface area contributed by atoms with E-state index in [0.29, 0.717) is 16.0 Å². The molecule has 3 aromatic carbocycles. The van der Waals surface area contributed by atoms with E-state index in [-0.39, 0.29) is 12.4 Å². The van der Waals surface area contributed by atoms with Gasteiger partial charge in [0.1, 0.15) is 5.75 Å².